The van der Waals surface area contributed by atoms with E-state index in [1.54, 1.807) is 0 Å². The van der Waals surface area contributed by atoms with Crippen LogP contribution in [0.1, 0.15) is 31.2 Å². The molecule has 0 bridgehead atoms. The van der Waals surface area contributed by atoms with Crippen LogP contribution in [0.25, 0.3) is 0 Å². The number of aromatic nitrogens is 2. The Morgan fingerprint density at radius 1 is 1.24 bits per heavy atom. The molecule has 1 aromatic rings. The van der Waals surface area contributed by atoms with Gasteiger partial charge in [0.05, 0.1) is 5.56 Å². The third kappa shape index (κ3) is 2.57. The lowest BCUT2D eigenvalue weighted by Gasteiger charge is -2.41. The highest BCUT2D eigenvalue weighted by molar-refractivity contribution is 5.13. The Bertz CT molecular complexity index is 380. The van der Waals surface area contributed by atoms with Crippen LogP contribution in [0.5, 0.6) is 0 Å². The molecule has 2 heterocycles. The van der Waals surface area contributed by atoms with Crippen molar-refractivity contribution in [1.82, 2.24) is 14.9 Å². The van der Waals surface area contributed by atoms with Gasteiger partial charge in [-0.3, -0.25) is 4.90 Å². The van der Waals surface area contributed by atoms with Crippen molar-refractivity contribution in [2.45, 2.75) is 32.0 Å². The topological polar surface area (TPSA) is 29.0 Å². The third-order valence-electron chi connectivity index (χ3n) is 3.00. The number of halogens is 3. The molecule has 3 nitrogen and oxygen atoms in total. The van der Waals surface area contributed by atoms with Crippen molar-refractivity contribution in [2.75, 3.05) is 13.1 Å². The van der Waals surface area contributed by atoms with Crippen LogP contribution < -0.4 is 0 Å². The van der Waals surface area contributed by atoms with E-state index in [1.165, 1.54) is 0 Å². The van der Waals surface area contributed by atoms with E-state index in [0.717, 1.165) is 25.5 Å². The van der Waals surface area contributed by atoms with Crippen LogP contribution in [0.4, 0.5) is 13.2 Å². The third-order valence-corrected chi connectivity index (χ3v) is 3.00. The molecule has 0 aliphatic carbocycles. The van der Waals surface area contributed by atoms with E-state index >= 15 is 0 Å². The molecule has 1 saturated heterocycles. The molecular weight excluding hydrogens is 231 g/mol. The van der Waals surface area contributed by atoms with Gasteiger partial charge in [0.1, 0.15) is 5.82 Å². The molecule has 1 fully saturated rings. The minimum atomic E-state index is -4.36. The molecule has 0 saturated carbocycles. The molecule has 0 spiro atoms. The molecule has 0 aromatic carbocycles. The fourth-order valence-corrected chi connectivity index (χ4v) is 1.79. The maximum Gasteiger partial charge on any atom is 0.419 e. The van der Waals surface area contributed by atoms with Crippen molar-refractivity contribution < 1.29 is 13.2 Å². The molecule has 0 amide bonds. The highest BCUT2D eigenvalue weighted by Crippen LogP contribution is 2.30. The van der Waals surface area contributed by atoms with Crippen molar-refractivity contribution in [3.8, 4) is 0 Å². The summed E-state index contributed by atoms with van der Waals surface area (Å²) in [7, 11) is 0. The van der Waals surface area contributed by atoms with Gasteiger partial charge in [0.25, 0.3) is 0 Å². The van der Waals surface area contributed by atoms with Gasteiger partial charge in [-0.25, -0.2) is 9.97 Å². The zero-order valence-electron chi connectivity index (χ0n) is 9.70. The summed E-state index contributed by atoms with van der Waals surface area (Å²) in [6.07, 6.45) is -2.64. The van der Waals surface area contributed by atoms with Gasteiger partial charge < -0.3 is 0 Å². The van der Waals surface area contributed by atoms with E-state index in [-0.39, 0.29) is 5.92 Å². The van der Waals surface area contributed by atoms with Crippen molar-refractivity contribution in [2.24, 2.45) is 0 Å². The molecule has 0 radical (unpaired) electrons. The van der Waals surface area contributed by atoms with Gasteiger partial charge in [0, 0.05) is 37.4 Å². The van der Waals surface area contributed by atoms with Crippen LogP contribution in [-0.4, -0.2) is 34.0 Å². The number of hydrogen-bond donors (Lipinski definition) is 0. The van der Waals surface area contributed by atoms with E-state index in [4.69, 9.17) is 0 Å². The number of hydrogen-bond acceptors (Lipinski definition) is 3. The Balaban J connectivity index is 2.01. The van der Waals surface area contributed by atoms with E-state index in [9.17, 15) is 13.2 Å². The van der Waals surface area contributed by atoms with Crippen molar-refractivity contribution in [3.05, 3.63) is 23.8 Å². The summed E-state index contributed by atoms with van der Waals surface area (Å²) >= 11 is 0. The van der Waals surface area contributed by atoms with Crippen LogP contribution in [0.3, 0.4) is 0 Å². The molecule has 0 atom stereocenters. The largest absolute Gasteiger partial charge is 0.419 e. The van der Waals surface area contributed by atoms with Crippen molar-refractivity contribution >= 4 is 0 Å². The quantitative estimate of drug-likeness (QED) is 0.800. The van der Waals surface area contributed by atoms with E-state index in [1.807, 2.05) is 0 Å². The van der Waals surface area contributed by atoms with Gasteiger partial charge in [-0.1, -0.05) is 0 Å². The SMILES string of the molecule is CC(C)N1CC(c2ncc(C(F)(F)F)cn2)C1. The average molecular weight is 245 g/mol. The molecule has 0 N–H and O–H groups in total. The molecule has 1 aliphatic rings. The Kier molecular flexibility index (Phi) is 3.07. The van der Waals surface area contributed by atoms with Gasteiger partial charge >= 0.3 is 6.18 Å². The molecular formula is C11H14F3N3. The van der Waals surface area contributed by atoms with Gasteiger partial charge in [-0.05, 0) is 13.8 Å². The zero-order chi connectivity index (χ0) is 12.6. The van der Waals surface area contributed by atoms with E-state index < -0.39 is 11.7 Å². The summed E-state index contributed by atoms with van der Waals surface area (Å²) in [5, 5.41) is 0. The van der Waals surface area contributed by atoms with Crippen LogP contribution in [0.2, 0.25) is 0 Å². The monoisotopic (exact) mass is 245 g/mol. The summed E-state index contributed by atoms with van der Waals surface area (Å²) in [5.74, 6) is 0.676. The highest BCUT2D eigenvalue weighted by Gasteiger charge is 2.34. The second-order valence-electron chi connectivity index (χ2n) is 4.57. The summed E-state index contributed by atoms with van der Waals surface area (Å²) in [6.45, 7) is 5.82. The van der Waals surface area contributed by atoms with Gasteiger partial charge in [-0.15, -0.1) is 0 Å². The first-order chi connectivity index (χ1) is 7.88. The highest BCUT2D eigenvalue weighted by atomic mass is 19.4. The Morgan fingerprint density at radius 2 is 1.76 bits per heavy atom. The molecule has 17 heavy (non-hydrogen) atoms. The maximum absolute atomic E-state index is 12.3. The van der Waals surface area contributed by atoms with Gasteiger partial charge in [0.2, 0.25) is 0 Å². The number of nitrogens with zero attached hydrogens (tertiary/aromatic N) is 3. The van der Waals surface area contributed by atoms with Crippen LogP contribution >= 0.6 is 0 Å². The second kappa shape index (κ2) is 4.25. The van der Waals surface area contributed by atoms with Gasteiger partial charge in [-0.2, -0.15) is 13.2 Å². The Morgan fingerprint density at radius 3 is 2.18 bits per heavy atom. The Hall–Kier alpha value is -1.17. The fourth-order valence-electron chi connectivity index (χ4n) is 1.79. The number of rotatable bonds is 2. The lowest BCUT2D eigenvalue weighted by atomic mass is 9.97. The van der Waals surface area contributed by atoms with Crippen LogP contribution in [-0.2, 0) is 6.18 Å². The molecule has 2 rings (SSSR count). The Labute approximate surface area is 97.7 Å². The lowest BCUT2D eigenvalue weighted by Crippen LogP contribution is -2.49. The summed E-state index contributed by atoms with van der Waals surface area (Å²) in [5.41, 5.74) is -0.790. The lowest BCUT2D eigenvalue weighted by molar-refractivity contribution is -0.138. The fraction of sp³-hybridized carbons (Fsp3) is 0.636. The smallest absolute Gasteiger partial charge is 0.299 e. The summed E-state index contributed by atoms with van der Waals surface area (Å²) < 4.78 is 36.9. The predicted octanol–water partition coefficient (Wildman–Crippen LogP) is 2.30. The van der Waals surface area contributed by atoms with E-state index in [0.29, 0.717) is 11.9 Å². The molecule has 1 aromatic heterocycles. The standard InChI is InChI=1S/C11H14F3N3/c1-7(2)17-5-8(6-17)10-15-3-9(4-16-10)11(12,13)14/h3-4,7-8H,5-6H2,1-2H3. The number of likely N-dealkylation sites (tertiary alicyclic amines) is 1. The zero-order valence-corrected chi connectivity index (χ0v) is 9.70. The molecule has 1 aliphatic heterocycles. The predicted molar refractivity (Wildman–Crippen MR) is 56.5 cm³/mol. The average Bonchev–Trinajstić information content (AvgIpc) is 2.14. The number of alkyl halides is 3. The summed E-state index contributed by atoms with van der Waals surface area (Å²) in [4.78, 5) is 9.83. The van der Waals surface area contributed by atoms with E-state index in [2.05, 4.69) is 28.7 Å². The minimum Gasteiger partial charge on any atom is -0.299 e. The van der Waals surface area contributed by atoms with Crippen molar-refractivity contribution in [3.63, 3.8) is 0 Å². The van der Waals surface area contributed by atoms with Crippen LogP contribution in [0.15, 0.2) is 12.4 Å². The molecule has 94 valence electrons. The normalized spacial score (nSPS) is 18.5. The molecule has 6 heteroatoms. The van der Waals surface area contributed by atoms with Gasteiger partial charge in [0.15, 0.2) is 0 Å². The summed E-state index contributed by atoms with van der Waals surface area (Å²) in [6, 6.07) is 0.459. The molecule has 0 unspecified atom stereocenters. The van der Waals surface area contributed by atoms with Crippen molar-refractivity contribution in [1.29, 1.82) is 0 Å². The first-order valence-electron chi connectivity index (χ1n) is 5.51. The first kappa shape index (κ1) is 12.3. The maximum atomic E-state index is 12.3. The minimum absolute atomic E-state index is 0.166. The first-order valence-corrected chi connectivity index (χ1v) is 5.51. The van der Waals surface area contributed by atoms with Crippen LogP contribution in [0, 0.1) is 0 Å². The second-order valence-corrected chi connectivity index (χ2v) is 4.57.